The predicted octanol–water partition coefficient (Wildman–Crippen LogP) is 3.18. The molecule has 0 radical (unpaired) electrons. The molecule has 2 atom stereocenters. The molecule has 2 N–H and O–H groups in total. The molecule has 0 bridgehead atoms. The van der Waals surface area contributed by atoms with Gasteiger partial charge >= 0.3 is 5.97 Å². The zero-order chi connectivity index (χ0) is 14.8. The van der Waals surface area contributed by atoms with Crippen LogP contribution in [0.2, 0.25) is 0 Å². The third-order valence-corrected chi connectivity index (χ3v) is 3.81. The summed E-state index contributed by atoms with van der Waals surface area (Å²) in [6, 6.07) is 8.97. The van der Waals surface area contributed by atoms with Crippen LogP contribution >= 0.6 is 15.9 Å². The molecular formula is C15H14BrNO3. The van der Waals surface area contributed by atoms with E-state index in [1.165, 1.54) is 6.08 Å². The highest BCUT2D eigenvalue weighted by molar-refractivity contribution is 9.11. The molecule has 104 valence electrons. The van der Waals surface area contributed by atoms with Crippen molar-refractivity contribution in [3.8, 4) is 0 Å². The van der Waals surface area contributed by atoms with Gasteiger partial charge in [0.15, 0.2) is 0 Å². The molecule has 2 unspecified atom stereocenters. The summed E-state index contributed by atoms with van der Waals surface area (Å²) >= 11 is 3.30. The maximum atomic E-state index is 12.5. The molecule has 0 saturated carbocycles. The van der Waals surface area contributed by atoms with E-state index in [0.717, 1.165) is 0 Å². The van der Waals surface area contributed by atoms with Crippen molar-refractivity contribution in [2.45, 2.75) is 6.92 Å². The smallest absolute Gasteiger partial charge is 0.311 e. The molecule has 0 fully saturated rings. The molecule has 20 heavy (non-hydrogen) atoms. The van der Waals surface area contributed by atoms with E-state index in [-0.39, 0.29) is 5.91 Å². The second-order valence-electron chi connectivity index (χ2n) is 4.81. The van der Waals surface area contributed by atoms with Crippen LogP contribution in [0.25, 0.3) is 0 Å². The van der Waals surface area contributed by atoms with Crippen LogP contribution in [0.3, 0.4) is 0 Å². The first-order valence-corrected chi connectivity index (χ1v) is 6.88. The first-order chi connectivity index (χ1) is 9.43. The number of nitrogens with one attached hydrogen (secondary N) is 1. The Morgan fingerprint density at radius 3 is 2.55 bits per heavy atom. The highest BCUT2D eigenvalue weighted by Crippen LogP contribution is 2.38. The first-order valence-electron chi connectivity index (χ1n) is 6.09. The molecule has 1 aromatic rings. The van der Waals surface area contributed by atoms with Crippen molar-refractivity contribution in [2.75, 3.05) is 5.32 Å². The molecule has 0 aliphatic heterocycles. The number of aliphatic carboxylic acids is 1. The minimum absolute atomic E-state index is 0.350. The van der Waals surface area contributed by atoms with Gasteiger partial charge in [-0.25, -0.2) is 0 Å². The zero-order valence-corrected chi connectivity index (χ0v) is 12.4. The fourth-order valence-electron chi connectivity index (χ4n) is 2.15. The maximum absolute atomic E-state index is 12.5. The number of carboxylic acids is 1. The van der Waals surface area contributed by atoms with Crippen molar-refractivity contribution in [1.29, 1.82) is 0 Å². The van der Waals surface area contributed by atoms with Crippen LogP contribution in [0, 0.1) is 11.3 Å². The summed E-state index contributed by atoms with van der Waals surface area (Å²) in [5, 5.41) is 12.1. The van der Waals surface area contributed by atoms with Gasteiger partial charge in [-0.3, -0.25) is 9.59 Å². The molecule has 1 aliphatic rings. The number of anilines is 1. The van der Waals surface area contributed by atoms with Gasteiger partial charge in [-0.05, 0) is 19.1 Å². The van der Waals surface area contributed by atoms with E-state index in [2.05, 4.69) is 21.2 Å². The number of halogens is 1. The lowest BCUT2D eigenvalue weighted by Gasteiger charge is -2.31. The summed E-state index contributed by atoms with van der Waals surface area (Å²) in [4.78, 5) is 23.8. The monoisotopic (exact) mass is 335 g/mol. The molecule has 0 spiro atoms. The molecule has 5 heteroatoms. The van der Waals surface area contributed by atoms with Gasteiger partial charge in [-0.15, -0.1) is 0 Å². The fourth-order valence-corrected chi connectivity index (χ4v) is 2.77. The first kappa shape index (κ1) is 14.5. The Hall–Kier alpha value is -1.88. The summed E-state index contributed by atoms with van der Waals surface area (Å²) in [6.45, 7) is 1.62. The third kappa shape index (κ3) is 2.82. The second-order valence-corrected chi connectivity index (χ2v) is 5.72. The molecule has 0 saturated heterocycles. The minimum atomic E-state index is -1.14. The molecule has 1 aliphatic carbocycles. The van der Waals surface area contributed by atoms with Gasteiger partial charge in [-0.2, -0.15) is 0 Å². The van der Waals surface area contributed by atoms with Crippen molar-refractivity contribution in [3.63, 3.8) is 0 Å². The number of amides is 1. The van der Waals surface area contributed by atoms with Crippen LogP contribution in [0.5, 0.6) is 0 Å². The third-order valence-electron chi connectivity index (χ3n) is 3.32. The van der Waals surface area contributed by atoms with E-state index in [0.29, 0.717) is 10.2 Å². The molecule has 1 amide bonds. The van der Waals surface area contributed by atoms with E-state index >= 15 is 0 Å². The van der Waals surface area contributed by atoms with E-state index in [1.54, 1.807) is 43.3 Å². The number of rotatable bonds is 3. The van der Waals surface area contributed by atoms with Crippen molar-refractivity contribution < 1.29 is 14.7 Å². The SMILES string of the molecule is CC1(C(=O)Nc2ccccc2)C=C(Br)C=CC1C(=O)O. The molecule has 0 aromatic heterocycles. The predicted molar refractivity (Wildman–Crippen MR) is 80.5 cm³/mol. The lowest BCUT2D eigenvalue weighted by molar-refractivity contribution is -0.146. The Balaban J connectivity index is 2.29. The standard InChI is InChI=1S/C15H14BrNO3/c1-15(9-10(16)7-8-12(15)13(18)19)14(20)17-11-5-3-2-4-6-11/h2-9,12H,1H3,(H,17,20)(H,18,19). The van der Waals surface area contributed by atoms with Crippen LogP contribution in [-0.2, 0) is 9.59 Å². The second kappa shape index (κ2) is 5.63. The topological polar surface area (TPSA) is 66.4 Å². The highest BCUT2D eigenvalue weighted by atomic mass is 79.9. The molecule has 2 rings (SSSR count). The number of hydrogen-bond acceptors (Lipinski definition) is 2. The van der Waals surface area contributed by atoms with Gasteiger partial charge in [0, 0.05) is 10.2 Å². The average molecular weight is 336 g/mol. The Morgan fingerprint density at radius 1 is 1.30 bits per heavy atom. The Kier molecular flexibility index (Phi) is 4.09. The largest absolute Gasteiger partial charge is 0.481 e. The van der Waals surface area contributed by atoms with Crippen molar-refractivity contribution in [3.05, 3.63) is 53.0 Å². The fraction of sp³-hybridized carbons (Fsp3) is 0.200. The quantitative estimate of drug-likeness (QED) is 0.891. The summed E-state index contributed by atoms with van der Waals surface area (Å²) in [5.41, 5.74) is -0.503. The lowest BCUT2D eigenvalue weighted by Crippen LogP contribution is -2.42. The van der Waals surface area contributed by atoms with E-state index in [1.807, 2.05) is 6.07 Å². The van der Waals surface area contributed by atoms with E-state index in [4.69, 9.17) is 0 Å². The molecular weight excluding hydrogens is 322 g/mol. The van der Waals surface area contributed by atoms with Gasteiger partial charge in [-0.1, -0.05) is 52.4 Å². The maximum Gasteiger partial charge on any atom is 0.311 e. The molecule has 4 nitrogen and oxygen atoms in total. The van der Waals surface area contributed by atoms with Crippen LogP contribution in [-0.4, -0.2) is 17.0 Å². The van der Waals surface area contributed by atoms with E-state index in [9.17, 15) is 14.7 Å². The number of allylic oxidation sites excluding steroid dienone is 2. The van der Waals surface area contributed by atoms with Crippen molar-refractivity contribution in [1.82, 2.24) is 0 Å². The van der Waals surface area contributed by atoms with Gasteiger partial charge in [0.1, 0.15) is 0 Å². The number of para-hydroxylation sites is 1. The van der Waals surface area contributed by atoms with E-state index < -0.39 is 17.3 Å². The average Bonchev–Trinajstić information content (AvgIpc) is 2.39. The Labute approximate surface area is 125 Å². The molecule has 0 heterocycles. The minimum Gasteiger partial charge on any atom is -0.481 e. The van der Waals surface area contributed by atoms with Gasteiger partial charge in [0.2, 0.25) is 5.91 Å². The number of carbonyl (C=O) groups excluding carboxylic acids is 1. The van der Waals surface area contributed by atoms with Crippen molar-refractivity contribution in [2.24, 2.45) is 11.3 Å². The summed E-state index contributed by atoms with van der Waals surface area (Å²) in [7, 11) is 0. The van der Waals surface area contributed by atoms with Crippen LogP contribution in [0.4, 0.5) is 5.69 Å². The Morgan fingerprint density at radius 2 is 1.95 bits per heavy atom. The summed E-state index contributed by atoms with van der Waals surface area (Å²) in [6.07, 6.45) is 4.80. The summed E-state index contributed by atoms with van der Waals surface area (Å²) < 4.78 is 0.695. The number of carbonyl (C=O) groups is 2. The zero-order valence-electron chi connectivity index (χ0n) is 10.8. The summed E-state index contributed by atoms with van der Waals surface area (Å²) in [5.74, 6) is -2.27. The normalized spacial score (nSPS) is 24.9. The van der Waals surface area contributed by atoms with Crippen LogP contribution < -0.4 is 5.32 Å². The van der Waals surface area contributed by atoms with Gasteiger partial charge in [0.05, 0.1) is 11.3 Å². The number of hydrogen-bond donors (Lipinski definition) is 2. The number of benzene rings is 1. The molecule has 1 aromatic carbocycles. The van der Waals surface area contributed by atoms with Crippen LogP contribution in [0.1, 0.15) is 6.92 Å². The Bertz CT molecular complexity index is 594. The van der Waals surface area contributed by atoms with Crippen molar-refractivity contribution >= 4 is 33.5 Å². The highest BCUT2D eigenvalue weighted by Gasteiger charge is 2.44. The van der Waals surface area contributed by atoms with Gasteiger partial charge in [0.25, 0.3) is 0 Å². The van der Waals surface area contributed by atoms with Crippen LogP contribution in [0.15, 0.2) is 53.0 Å². The lowest BCUT2D eigenvalue weighted by atomic mass is 9.73. The van der Waals surface area contributed by atoms with Gasteiger partial charge < -0.3 is 10.4 Å². The number of carboxylic acid groups (broad SMARTS) is 1.